The Bertz CT molecular complexity index is 774. The molecule has 0 spiro atoms. The molecule has 0 aliphatic heterocycles. The summed E-state index contributed by atoms with van der Waals surface area (Å²) in [6.07, 6.45) is 2.07. The molecule has 0 aliphatic carbocycles. The largest absolute Gasteiger partial charge is 0.492 e. The van der Waals surface area contributed by atoms with Crippen molar-refractivity contribution in [2.45, 2.75) is 26.7 Å². The minimum absolute atomic E-state index is 0.211. The van der Waals surface area contributed by atoms with Crippen LogP contribution in [0.3, 0.4) is 0 Å². The van der Waals surface area contributed by atoms with Gasteiger partial charge in [-0.05, 0) is 65.2 Å². The topological polar surface area (TPSA) is 47.6 Å². The summed E-state index contributed by atoms with van der Waals surface area (Å²) < 4.78 is 12.1. The van der Waals surface area contributed by atoms with Crippen LogP contribution in [0, 0.1) is 0 Å². The number of carbonyl (C=O) groups is 1. The number of halogens is 1. The van der Waals surface area contributed by atoms with Crippen molar-refractivity contribution in [2.24, 2.45) is 0 Å². The second-order valence-corrected chi connectivity index (χ2v) is 6.90. The third-order valence-electron chi connectivity index (χ3n) is 3.56. The molecular weight excluding hydrogens is 394 g/mol. The average Bonchev–Trinajstić information content (AvgIpc) is 2.62. The van der Waals surface area contributed by atoms with Gasteiger partial charge in [0.15, 0.2) is 0 Å². The summed E-state index contributed by atoms with van der Waals surface area (Å²) in [5, 5.41) is 2.89. The normalized spacial score (nSPS) is 10.3. The number of nitrogens with one attached hydrogen (secondary N) is 1. The van der Waals surface area contributed by atoms with Crippen LogP contribution in [0.4, 0.5) is 5.69 Å². The molecule has 138 valence electrons. The van der Waals surface area contributed by atoms with Gasteiger partial charge >= 0.3 is 0 Å². The standard InChI is InChI=1S/C21H24BrNO3/c1-4-5-12-25-19-11-10-16(13-17(19)22)21(24)23-18-8-6-7-9-20(18)26-14-15(2)3/h6-11,13H,2,4-5,12,14H2,1,3H3,(H,23,24). The highest BCUT2D eigenvalue weighted by atomic mass is 79.9. The number of ether oxygens (including phenoxy) is 2. The minimum Gasteiger partial charge on any atom is -0.492 e. The molecule has 2 aromatic carbocycles. The van der Waals surface area contributed by atoms with E-state index in [0.717, 1.165) is 28.6 Å². The van der Waals surface area contributed by atoms with E-state index >= 15 is 0 Å². The number of amides is 1. The SMILES string of the molecule is C=C(C)COc1ccccc1NC(=O)c1ccc(OCCCC)c(Br)c1. The van der Waals surface area contributed by atoms with Crippen molar-refractivity contribution in [1.29, 1.82) is 0 Å². The molecule has 0 bridgehead atoms. The van der Waals surface area contributed by atoms with E-state index in [-0.39, 0.29) is 5.91 Å². The van der Waals surface area contributed by atoms with Crippen LogP contribution >= 0.6 is 15.9 Å². The van der Waals surface area contributed by atoms with Crippen molar-refractivity contribution in [3.63, 3.8) is 0 Å². The predicted molar refractivity (Wildman–Crippen MR) is 109 cm³/mol. The lowest BCUT2D eigenvalue weighted by molar-refractivity contribution is 0.102. The van der Waals surface area contributed by atoms with Crippen LogP contribution in [-0.4, -0.2) is 19.1 Å². The van der Waals surface area contributed by atoms with Crippen LogP contribution in [0.15, 0.2) is 59.1 Å². The van der Waals surface area contributed by atoms with E-state index in [0.29, 0.717) is 30.2 Å². The first-order valence-electron chi connectivity index (χ1n) is 8.61. The van der Waals surface area contributed by atoms with E-state index in [4.69, 9.17) is 9.47 Å². The molecule has 0 radical (unpaired) electrons. The Balaban J connectivity index is 2.08. The molecule has 0 unspecified atom stereocenters. The highest BCUT2D eigenvalue weighted by Gasteiger charge is 2.12. The zero-order chi connectivity index (χ0) is 18.9. The van der Waals surface area contributed by atoms with E-state index in [1.165, 1.54) is 0 Å². The molecule has 2 aromatic rings. The first-order chi connectivity index (χ1) is 12.5. The maximum Gasteiger partial charge on any atom is 0.255 e. The Kier molecular flexibility index (Phi) is 7.73. The van der Waals surface area contributed by atoms with E-state index in [1.54, 1.807) is 18.2 Å². The quantitative estimate of drug-likeness (QED) is 0.411. The zero-order valence-electron chi connectivity index (χ0n) is 15.2. The monoisotopic (exact) mass is 417 g/mol. The molecule has 5 heteroatoms. The van der Waals surface area contributed by atoms with Crippen molar-refractivity contribution >= 4 is 27.5 Å². The fourth-order valence-electron chi connectivity index (χ4n) is 2.18. The third-order valence-corrected chi connectivity index (χ3v) is 4.18. The van der Waals surface area contributed by atoms with Gasteiger partial charge in [0.1, 0.15) is 18.1 Å². The van der Waals surface area contributed by atoms with Gasteiger partial charge in [-0.15, -0.1) is 0 Å². The van der Waals surface area contributed by atoms with Gasteiger partial charge in [-0.25, -0.2) is 0 Å². The van der Waals surface area contributed by atoms with Gasteiger partial charge in [0.2, 0.25) is 0 Å². The van der Waals surface area contributed by atoms with Gasteiger partial charge in [0, 0.05) is 5.56 Å². The van der Waals surface area contributed by atoms with Crippen LogP contribution in [-0.2, 0) is 0 Å². The van der Waals surface area contributed by atoms with Crippen molar-refractivity contribution in [1.82, 2.24) is 0 Å². The Labute approximate surface area is 163 Å². The number of para-hydroxylation sites is 2. The van der Waals surface area contributed by atoms with Crippen molar-refractivity contribution in [3.05, 3.63) is 64.7 Å². The summed E-state index contributed by atoms with van der Waals surface area (Å²) in [6.45, 7) is 8.90. The number of anilines is 1. The summed E-state index contributed by atoms with van der Waals surface area (Å²) in [5.41, 5.74) is 2.07. The number of hydrogen-bond acceptors (Lipinski definition) is 3. The minimum atomic E-state index is -0.211. The molecule has 0 aromatic heterocycles. The fraction of sp³-hybridized carbons (Fsp3) is 0.286. The smallest absolute Gasteiger partial charge is 0.255 e. The van der Waals surface area contributed by atoms with Gasteiger partial charge in [-0.2, -0.15) is 0 Å². The van der Waals surface area contributed by atoms with Crippen LogP contribution < -0.4 is 14.8 Å². The number of hydrogen-bond donors (Lipinski definition) is 1. The van der Waals surface area contributed by atoms with E-state index < -0.39 is 0 Å². The molecule has 26 heavy (non-hydrogen) atoms. The zero-order valence-corrected chi connectivity index (χ0v) is 16.8. The van der Waals surface area contributed by atoms with Crippen molar-refractivity contribution in [3.8, 4) is 11.5 Å². The molecule has 4 nitrogen and oxygen atoms in total. The van der Waals surface area contributed by atoms with Gasteiger partial charge < -0.3 is 14.8 Å². The van der Waals surface area contributed by atoms with E-state index in [2.05, 4.69) is 34.7 Å². The Morgan fingerprint density at radius 2 is 1.92 bits per heavy atom. The van der Waals surface area contributed by atoms with E-state index in [1.807, 2.05) is 31.2 Å². The van der Waals surface area contributed by atoms with Crippen LogP contribution in [0.1, 0.15) is 37.0 Å². The molecule has 1 amide bonds. The molecule has 0 fully saturated rings. The van der Waals surface area contributed by atoms with Gasteiger partial charge in [-0.1, -0.05) is 32.1 Å². The van der Waals surface area contributed by atoms with E-state index in [9.17, 15) is 4.79 Å². The molecule has 2 rings (SSSR count). The summed E-state index contributed by atoms with van der Waals surface area (Å²) in [7, 11) is 0. The number of rotatable bonds is 9. The predicted octanol–water partition coefficient (Wildman–Crippen LogP) is 5.84. The number of benzene rings is 2. The Morgan fingerprint density at radius 3 is 2.62 bits per heavy atom. The van der Waals surface area contributed by atoms with Crippen LogP contribution in [0.2, 0.25) is 0 Å². The molecule has 0 heterocycles. The Morgan fingerprint density at radius 1 is 1.15 bits per heavy atom. The molecule has 0 saturated carbocycles. The van der Waals surface area contributed by atoms with Gasteiger partial charge in [-0.3, -0.25) is 4.79 Å². The summed E-state index contributed by atoms with van der Waals surface area (Å²) >= 11 is 3.47. The summed E-state index contributed by atoms with van der Waals surface area (Å²) in [5.74, 6) is 1.14. The lowest BCUT2D eigenvalue weighted by atomic mass is 10.2. The van der Waals surface area contributed by atoms with Gasteiger partial charge in [0.25, 0.3) is 5.91 Å². The maximum absolute atomic E-state index is 12.6. The first kappa shape index (κ1) is 20.0. The molecule has 0 aliphatic rings. The second kappa shape index (κ2) is 10.0. The third kappa shape index (κ3) is 5.92. The maximum atomic E-state index is 12.6. The lowest BCUT2D eigenvalue weighted by Crippen LogP contribution is -2.13. The highest BCUT2D eigenvalue weighted by molar-refractivity contribution is 9.10. The lowest BCUT2D eigenvalue weighted by Gasteiger charge is -2.13. The number of carbonyl (C=O) groups excluding carboxylic acids is 1. The highest BCUT2D eigenvalue weighted by Crippen LogP contribution is 2.28. The molecular formula is C21H24BrNO3. The average molecular weight is 418 g/mol. The van der Waals surface area contributed by atoms with Crippen LogP contribution in [0.25, 0.3) is 0 Å². The van der Waals surface area contributed by atoms with Crippen LogP contribution in [0.5, 0.6) is 11.5 Å². The first-order valence-corrected chi connectivity index (χ1v) is 9.40. The molecule has 0 saturated heterocycles. The molecule has 1 N–H and O–H groups in total. The van der Waals surface area contributed by atoms with Crippen molar-refractivity contribution in [2.75, 3.05) is 18.5 Å². The Hall–Kier alpha value is -2.27. The van der Waals surface area contributed by atoms with Crippen molar-refractivity contribution < 1.29 is 14.3 Å². The second-order valence-electron chi connectivity index (χ2n) is 6.04. The van der Waals surface area contributed by atoms with Gasteiger partial charge in [0.05, 0.1) is 16.8 Å². The molecule has 0 atom stereocenters. The number of unbranched alkanes of at least 4 members (excludes halogenated alkanes) is 1. The fourth-order valence-corrected chi connectivity index (χ4v) is 2.67. The summed E-state index contributed by atoms with van der Waals surface area (Å²) in [4.78, 5) is 12.6. The summed E-state index contributed by atoms with van der Waals surface area (Å²) in [6, 6.07) is 12.7.